The van der Waals surface area contributed by atoms with Gasteiger partial charge in [0.25, 0.3) is 0 Å². The van der Waals surface area contributed by atoms with Crippen molar-refractivity contribution in [1.29, 1.82) is 0 Å². The largest absolute Gasteiger partial charge is 0.460 e. The molecule has 0 atom stereocenters. The number of hydrogen-bond donors (Lipinski definition) is 1. The van der Waals surface area contributed by atoms with Crippen molar-refractivity contribution >= 4 is 5.97 Å². The fourth-order valence-electron chi connectivity index (χ4n) is 0.926. The van der Waals surface area contributed by atoms with Gasteiger partial charge in [0.05, 0.1) is 18.8 Å². The van der Waals surface area contributed by atoms with Crippen molar-refractivity contribution in [1.82, 2.24) is 4.98 Å². The molecule has 1 aromatic rings. The lowest BCUT2D eigenvalue weighted by Crippen LogP contribution is -2.04. The minimum atomic E-state index is -0.493. The molecule has 0 aliphatic rings. The molecule has 0 aliphatic heterocycles. The Morgan fingerprint density at radius 3 is 2.85 bits per heavy atom. The first-order chi connectivity index (χ1) is 6.19. The average Bonchev–Trinajstić information content (AvgIpc) is 2.47. The maximum Gasteiger partial charge on any atom is 0.376 e. The summed E-state index contributed by atoms with van der Waals surface area (Å²) in [4.78, 5) is 15.1. The van der Waals surface area contributed by atoms with E-state index in [1.807, 2.05) is 0 Å². The van der Waals surface area contributed by atoms with E-state index in [2.05, 4.69) is 4.98 Å². The molecule has 2 N–H and O–H groups in total. The third-order valence-electron chi connectivity index (χ3n) is 1.48. The van der Waals surface area contributed by atoms with Crippen LogP contribution in [-0.4, -0.2) is 17.6 Å². The highest BCUT2D eigenvalue weighted by molar-refractivity contribution is 5.87. The molecular weight excluding hydrogens is 172 g/mol. The number of nitrogens with two attached hydrogens (primary N) is 1. The zero-order chi connectivity index (χ0) is 9.84. The van der Waals surface area contributed by atoms with Crippen LogP contribution in [0.5, 0.6) is 0 Å². The highest BCUT2D eigenvalue weighted by Crippen LogP contribution is 2.10. The Labute approximate surface area is 75.9 Å². The molecule has 13 heavy (non-hydrogen) atoms. The number of hydrogen-bond acceptors (Lipinski definition) is 5. The van der Waals surface area contributed by atoms with E-state index in [4.69, 9.17) is 14.9 Å². The van der Waals surface area contributed by atoms with Crippen molar-refractivity contribution in [2.24, 2.45) is 5.73 Å². The molecule has 0 bridgehead atoms. The zero-order valence-electron chi connectivity index (χ0n) is 7.66. The Morgan fingerprint density at radius 1 is 1.69 bits per heavy atom. The van der Waals surface area contributed by atoms with Crippen LogP contribution in [0.1, 0.15) is 29.1 Å². The zero-order valence-corrected chi connectivity index (χ0v) is 7.66. The molecule has 1 rings (SSSR count). The summed E-state index contributed by atoms with van der Waals surface area (Å²) in [6.45, 7) is 3.90. The van der Waals surface area contributed by atoms with Gasteiger partial charge in [0.2, 0.25) is 11.7 Å². The Bertz CT molecular complexity index is 306. The fourth-order valence-corrected chi connectivity index (χ4v) is 0.926. The third-order valence-corrected chi connectivity index (χ3v) is 1.48. The molecule has 1 aromatic heterocycles. The lowest BCUT2D eigenvalue weighted by atomic mass is 10.4. The summed E-state index contributed by atoms with van der Waals surface area (Å²) in [7, 11) is 0. The predicted molar refractivity (Wildman–Crippen MR) is 45.1 cm³/mol. The molecule has 5 heteroatoms. The van der Waals surface area contributed by atoms with Gasteiger partial charge < -0.3 is 14.9 Å². The van der Waals surface area contributed by atoms with Crippen molar-refractivity contribution < 1.29 is 13.9 Å². The van der Waals surface area contributed by atoms with Gasteiger partial charge in [-0.15, -0.1) is 0 Å². The van der Waals surface area contributed by atoms with Crippen LogP contribution in [0.3, 0.4) is 0 Å². The lowest BCUT2D eigenvalue weighted by Gasteiger charge is -1.96. The maximum absolute atomic E-state index is 11.2. The van der Waals surface area contributed by atoms with Crippen LogP contribution in [0, 0.1) is 6.92 Å². The maximum atomic E-state index is 11.2. The molecule has 0 saturated heterocycles. The van der Waals surface area contributed by atoms with Crippen LogP contribution in [0.2, 0.25) is 0 Å². The van der Waals surface area contributed by atoms with Crippen LogP contribution in [0.4, 0.5) is 0 Å². The predicted octanol–water partition coefficient (Wildman–Crippen LogP) is 0.618. The second-order valence-corrected chi connectivity index (χ2v) is 2.45. The first-order valence-electron chi connectivity index (χ1n) is 4.02. The molecule has 0 radical (unpaired) electrons. The first kappa shape index (κ1) is 9.73. The van der Waals surface area contributed by atoms with Crippen LogP contribution >= 0.6 is 0 Å². The molecule has 0 aromatic carbocycles. The van der Waals surface area contributed by atoms with Gasteiger partial charge in [-0.3, -0.25) is 0 Å². The summed E-state index contributed by atoms with van der Waals surface area (Å²) >= 11 is 0. The number of ether oxygens (including phenoxy) is 1. The van der Waals surface area contributed by atoms with Gasteiger partial charge in [-0.1, -0.05) is 0 Å². The fraction of sp³-hybridized carbons (Fsp3) is 0.500. The van der Waals surface area contributed by atoms with E-state index < -0.39 is 5.97 Å². The van der Waals surface area contributed by atoms with Crippen molar-refractivity contribution in [2.45, 2.75) is 20.4 Å². The van der Waals surface area contributed by atoms with E-state index >= 15 is 0 Å². The van der Waals surface area contributed by atoms with Crippen LogP contribution in [0.15, 0.2) is 4.42 Å². The topological polar surface area (TPSA) is 78.3 Å². The molecule has 0 amide bonds. The monoisotopic (exact) mass is 184 g/mol. The Balaban J connectivity index is 2.87. The Kier molecular flexibility index (Phi) is 3.02. The number of carbonyl (C=O) groups excluding carboxylic acids is 1. The summed E-state index contributed by atoms with van der Waals surface area (Å²) in [6.07, 6.45) is 0. The molecule has 0 unspecified atom stereocenters. The number of aryl methyl sites for hydroxylation is 1. The van der Waals surface area contributed by atoms with Crippen molar-refractivity contribution in [3.05, 3.63) is 17.3 Å². The minimum Gasteiger partial charge on any atom is -0.460 e. The first-order valence-corrected chi connectivity index (χ1v) is 4.02. The third kappa shape index (κ3) is 2.06. The van der Waals surface area contributed by atoms with E-state index in [-0.39, 0.29) is 12.3 Å². The molecule has 72 valence electrons. The second-order valence-electron chi connectivity index (χ2n) is 2.45. The van der Waals surface area contributed by atoms with Crippen molar-refractivity contribution in [3.63, 3.8) is 0 Å². The van der Waals surface area contributed by atoms with Gasteiger partial charge in [-0.2, -0.15) is 0 Å². The van der Waals surface area contributed by atoms with Crippen molar-refractivity contribution in [3.8, 4) is 0 Å². The molecule has 0 fully saturated rings. The quantitative estimate of drug-likeness (QED) is 0.696. The van der Waals surface area contributed by atoms with Gasteiger partial charge in [0.15, 0.2) is 0 Å². The molecule has 0 spiro atoms. The average molecular weight is 184 g/mol. The van der Waals surface area contributed by atoms with Crippen LogP contribution in [-0.2, 0) is 11.3 Å². The van der Waals surface area contributed by atoms with Gasteiger partial charge >= 0.3 is 5.97 Å². The molecule has 5 nitrogen and oxygen atoms in total. The minimum absolute atomic E-state index is 0.141. The van der Waals surface area contributed by atoms with Gasteiger partial charge in [0, 0.05) is 0 Å². The smallest absolute Gasteiger partial charge is 0.376 e. The summed E-state index contributed by atoms with van der Waals surface area (Å²) in [6, 6.07) is 0. The SMILES string of the molecule is CCOC(=O)c1oc(CN)nc1C. The molecular formula is C8H12N2O3. The number of esters is 1. The molecule has 0 saturated carbocycles. The summed E-state index contributed by atoms with van der Waals surface area (Å²) in [5.41, 5.74) is 5.81. The van der Waals surface area contributed by atoms with Gasteiger partial charge in [0.1, 0.15) is 0 Å². The van der Waals surface area contributed by atoms with Crippen LogP contribution < -0.4 is 5.73 Å². The normalized spacial score (nSPS) is 10.1. The second kappa shape index (κ2) is 4.04. The van der Waals surface area contributed by atoms with E-state index in [1.165, 1.54) is 0 Å². The number of oxazole rings is 1. The van der Waals surface area contributed by atoms with Gasteiger partial charge in [-0.25, -0.2) is 9.78 Å². The number of aromatic nitrogens is 1. The number of rotatable bonds is 3. The Hall–Kier alpha value is -1.36. The highest BCUT2D eigenvalue weighted by Gasteiger charge is 2.17. The van der Waals surface area contributed by atoms with Gasteiger partial charge in [-0.05, 0) is 13.8 Å². The Morgan fingerprint density at radius 2 is 2.38 bits per heavy atom. The van der Waals surface area contributed by atoms with E-state index in [1.54, 1.807) is 13.8 Å². The van der Waals surface area contributed by atoms with Crippen molar-refractivity contribution in [2.75, 3.05) is 6.61 Å². The molecule has 0 aliphatic carbocycles. The van der Waals surface area contributed by atoms with E-state index in [9.17, 15) is 4.79 Å². The van der Waals surface area contributed by atoms with E-state index in [0.717, 1.165) is 0 Å². The van der Waals surface area contributed by atoms with Crippen LogP contribution in [0.25, 0.3) is 0 Å². The standard InChI is InChI=1S/C8H12N2O3/c1-3-12-8(11)7-5(2)10-6(4-9)13-7/h3-4,9H2,1-2H3. The highest BCUT2D eigenvalue weighted by atomic mass is 16.5. The summed E-state index contributed by atoms with van der Waals surface area (Å²) in [5, 5.41) is 0. The molecule has 1 heterocycles. The van der Waals surface area contributed by atoms with E-state index in [0.29, 0.717) is 18.2 Å². The number of carbonyl (C=O) groups is 1. The summed E-state index contributed by atoms with van der Waals surface area (Å²) < 4.78 is 9.82. The number of nitrogens with zero attached hydrogens (tertiary/aromatic N) is 1. The summed E-state index contributed by atoms with van der Waals surface area (Å²) in [5.74, 6) is -0.00458. The lowest BCUT2D eigenvalue weighted by molar-refractivity contribution is 0.0487.